The number of aliphatic hydroxyl groups is 1. The number of Topliss-reactive ketones (excluding diaryl/α,β-unsaturated/α-hetero) is 1. The molecule has 0 heterocycles. The summed E-state index contributed by atoms with van der Waals surface area (Å²) in [5.41, 5.74) is 4.80. The van der Waals surface area contributed by atoms with Crippen molar-refractivity contribution >= 4 is 5.78 Å². The number of rotatable bonds is 9. The maximum atomic E-state index is 11.2. The molecule has 1 saturated carbocycles. The maximum absolute atomic E-state index is 11.2. The molecular formula is C27H40O2. The first-order chi connectivity index (χ1) is 13.7. The Morgan fingerprint density at radius 2 is 1.86 bits per heavy atom. The van der Waals surface area contributed by atoms with E-state index in [4.69, 9.17) is 0 Å². The van der Waals surface area contributed by atoms with Gasteiger partial charge in [-0.15, -0.1) is 0 Å². The van der Waals surface area contributed by atoms with Crippen molar-refractivity contribution in [1.29, 1.82) is 0 Å². The molecular weight excluding hydrogens is 356 g/mol. The second kappa shape index (κ2) is 15.7. The minimum absolute atomic E-state index is 0.321. The van der Waals surface area contributed by atoms with Crippen LogP contribution in [-0.4, -0.2) is 17.0 Å². The normalized spacial score (nSPS) is 18.9. The molecule has 0 aromatic carbocycles. The van der Waals surface area contributed by atoms with Gasteiger partial charge in [-0.2, -0.15) is 0 Å². The summed E-state index contributed by atoms with van der Waals surface area (Å²) >= 11 is 0. The molecule has 0 saturated heterocycles. The van der Waals surface area contributed by atoms with E-state index < -0.39 is 6.10 Å². The SMILES string of the molecule is C=C/C(=C\C=C(C)C)CC.C=C/C(C)=C\C(=C/C)CC(O)/C=C/[C@H]1CCC(=O)C1. The van der Waals surface area contributed by atoms with Crippen LogP contribution in [0, 0.1) is 5.92 Å². The van der Waals surface area contributed by atoms with Crippen molar-refractivity contribution in [2.45, 2.75) is 72.8 Å². The molecule has 0 aromatic rings. The number of allylic oxidation sites excluding steroid dienone is 10. The quantitative estimate of drug-likeness (QED) is 0.330. The van der Waals surface area contributed by atoms with E-state index in [0.29, 0.717) is 31.0 Å². The van der Waals surface area contributed by atoms with E-state index in [2.05, 4.69) is 46.1 Å². The van der Waals surface area contributed by atoms with Crippen molar-refractivity contribution in [3.05, 3.63) is 84.1 Å². The Labute approximate surface area is 178 Å². The molecule has 2 nitrogen and oxygen atoms in total. The predicted octanol–water partition coefficient (Wildman–Crippen LogP) is 7.22. The third kappa shape index (κ3) is 13.6. The summed E-state index contributed by atoms with van der Waals surface area (Å²) in [6.45, 7) is 17.7. The van der Waals surface area contributed by atoms with Gasteiger partial charge >= 0.3 is 0 Å². The van der Waals surface area contributed by atoms with E-state index in [-0.39, 0.29) is 0 Å². The Morgan fingerprint density at radius 3 is 2.31 bits per heavy atom. The Bertz CT molecular complexity index is 679. The van der Waals surface area contributed by atoms with E-state index >= 15 is 0 Å². The fraction of sp³-hybridized carbons (Fsp3) is 0.444. The lowest BCUT2D eigenvalue weighted by Gasteiger charge is -2.08. The first-order valence-electron chi connectivity index (χ1n) is 10.6. The lowest BCUT2D eigenvalue weighted by atomic mass is 10.0. The van der Waals surface area contributed by atoms with Gasteiger partial charge in [0.25, 0.3) is 0 Å². The van der Waals surface area contributed by atoms with Gasteiger partial charge in [0.05, 0.1) is 6.10 Å². The number of hydrogen-bond donors (Lipinski definition) is 1. The predicted molar refractivity (Wildman–Crippen MR) is 128 cm³/mol. The Hall–Kier alpha value is -2.19. The number of hydrogen-bond acceptors (Lipinski definition) is 2. The number of carbonyl (C=O) groups is 1. The van der Waals surface area contributed by atoms with E-state index in [1.54, 1.807) is 6.08 Å². The van der Waals surface area contributed by atoms with Crippen LogP contribution in [0.25, 0.3) is 0 Å². The minimum atomic E-state index is -0.490. The van der Waals surface area contributed by atoms with Gasteiger partial charge in [0, 0.05) is 19.3 Å². The van der Waals surface area contributed by atoms with Gasteiger partial charge in [0.2, 0.25) is 0 Å². The fourth-order valence-corrected chi connectivity index (χ4v) is 2.82. The molecule has 1 unspecified atom stereocenters. The van der Waals surface area contributed by atoms with Crippen molar-refractivity contribution < 1.29 is 9.90 Å². The summed E-state index contributed by atoms with van der Waals surface area (Å²) < 4.78 is 0. The summed E-state index contributed by atoms with van der Waals surface area (Å²) in [6.07, 6.45) is 19.2. The molecule has 1 N–H and O–H groups in total. The van der Waals surface area contributed by atoms with Gasteiger partial charge in [-0.25, -0.2) is 0 Å². The minimum Gasteiger partial charge on any atom is -0.389 e. The van der Waals surface area contributed by atoms with Crippen LogP contribution in [0.3, 0.4) is 0 Å². The van der Waals surface area contributed by atoms with Crippen LogP contribution in [0.15, 0.2) is 84.1 Å². The second-order valence-electron chi connectivity index (χ2n) is 7.70. The van der Waals surface area contributed by atoms with Gasteiger partial charge in [0.15, 0.2) is 0 Å². The molecule has 0 amide bonds. The third-order valence-corrected chi connectivity index (χ3v) is 4.74. The highest BCUT2D eigenvalue weighted by Crippen LogP contribution is 2.23. The van der Waals surface area contributed by atoms with E-state index in [0.717, 1.165) is 24.0 Å². The standard InChI is InChI=1S/C17H24O2.C10H16/c1-4-13(3)10-14(5-2)11-16(18)8-6-15-7-9-17(19)12-15;1-5-10(6-2)8-7-9(3)4/h4-6,8,10,15-16,18H,1,7,9,11-12H2,2-3H3;5,7-8H,1,6H2,2-4H3/b8-6+,13-10-,14-5+;10-8+/t15-,16?;/m0./s1. The smallest absolute Gasteiger partial charge is 0.133 e. The van der Waals surface area contributed by atoms with Gasteiger partial charge in [0.1, 0.15) is 5.78 Å². The van der Waals surface area contributed by atoms with Crippen molar-refractivity contribution in [2.75, 3.05) is 0 Å². The topological polar surface area (TPSA) is 37.3 Å². The molecule has 160 valence electrons. The molecule has 1 rings (SSSR count). The fourth-order valence-electron chi connectivity index (χ4n) is 2.82. The molecule has 0 spiro atoms. The summed E-state index contributed by atoms with van der Waals surface area (Å²) in [7, 11) is 0. The Morgan fingerprint density at radius 1 is 1.17 bits per heavy atom. The van der Waals surface area contributed by atoms with Crippen molar-refractivity contribution in [2.24, 2.45) is 5.92 Å². The third-order valence-electron chi connectivity index (χ3n) is 4.74. The summed E-state index contributed by atoms with van der Waals surface area (Å²) in [4.78, 5) is 11.2. The van der Waals surface area contributed by atoms with Gasteiger partial charge in [-0.3, -0.25) is 4.79 Å². The van der Waals surface area contributed by atoms with E-state index in [1.807, 2.05) is 44.2 Å². The van der Waals surface area contributed by atoms with Crippen LogP contribution >= 0.6 is 0 Å². The number of carbonyl (C=O) groups excluding carboxylic acids is 1. The molecule has 1 aliphatic carbocycles. The van der Waals surface area contributed by atoms with Crippen LogP contribution in [0.2, 0.25) is 0 Å². The maximum Gasteiger partial charge on any atom is 0.133 e. The van der Waals surface area contributed by atoms with E-state index in [1.165, 1.54) is 11.1 Å². The highest BCUT2D eigenvalue weighted by atomic mass is 16.3. The Kier molecular flexibility index (Phi) is 14.5. The largest absolute Gasteiger partial charge is 0.389 e. The van der Waals surface area contributed by atoms with Crippen LogP contribution in [0.4, 0.5) is 0 Å². The average molecular weight is 397 g/mol. The summed E-state index contributed by atoms with van der Waals surface area (Å²) in [6, 6.07) is 0. The van der Waals surface area contributed by atoms with Crippen LogP contribution in [0.5, 0.6) is 0 Å². The van der Waals surface area contributed by atoms with Crippen LogP contribution < -0.4 is 0 Å². The molecule has 2 heteroatoms. The second-order valence-corrected chi connectivity index (χ2v) is 7.70. The molecule has 0 radical (unpaired) electrons. The van der Waals surface area contributed by atoms with Gasteiger partial charge in [-0.05, 0) is 57.6 Å². The van der Waals surface area contributed by atoms with Gasteiger partial charge in [-0.1, -0.05) is 79.8 Å². The zero-order chi connectivity index (χ0) is 22.2. The van der Waals surface area contributed by atoms with Crippen molar-refractivity contribution in [1.82, 2.24) is 0 Å². The monoisotopic (exact) mass is 396 g/mol. The zero-order valence-corrected chi connectivity index (χ0v) is 19.1. The van der Waals surface area contributed by atoms with E-state index in [9.17, 15) is 9.90 Å². The van der Waals surface area contributed by atoms with Gasteiger partial charge < -0.3 is 5.11 Å². The zero-order valence-electron chi connectivity index (χ0n) is 19.1. The molecule has 1 aliphatic rings. The van der Waals surface area contributed by atoms with Crippen molar-refractivity contribution in [3.8, 4) is 0 Å². The summed E-state index contributed by atoms with van der Waals surface area (Å²) in [5.74, 6) is 0.657. The average Bonchev–Trinajstić information content (AvgIpc) is 3.12. The molecule has 0 aromatic heterocycles. The lowest BCUT2D eigenvalue weighted by Crippen LogP contribution is -2.04. The molecule has 0 aliphatic heterocycles. The number of aliphatic hydroxyl groups excluding tert-OH is 1. The molecule has 1 fully saturated rings. The highest BCUT2D eigenvalue weighted by Gasteiger charge is 2.19. The summed E-state index contributed by atoms with van der Waals surface area (Å²) in [5, 5.41) is 9.99. The molecule has 2 atom stereocenters. The highest BCUT2D eigenvalue weighted by molar-refractivity contribution is 5.80. The first kappa shape index (κ1) is 26.8. The first-order valence-corrected chi connectivity index (χ1v) is 10.6. The molecule has 0 bridgehead atoms. The van der Waals surface area contributed by atoms with Crippen LogP contribution in [-0.2, 0) is 4.79 Å². The number of ketones is 1. The Balaban J connectivity index is 0.000000665. The van der Waals surface area contributed by atoms with Crippen LogP contribution in [0.1, 0.15) is 66.7 Å². The lowest BCUT2D eigenvalue weighted by molar-refractivity contribution is -0.117. The van der Waals surface area contributed by atoms with Crippen molar-refractivity contribution in [3.63, 3.8) is 0 Å². The molecule has 29 heavy (non-hydrogen) atoms.